The molecular formula is C13H26O3. The van der Waals surface area contributed by atoms with E-state index in [9.17, 15) is 4.79 Å². The van der Waals surface area contributed by atoms with Crippen LogP contribution >= 0.6 is 0 Å². The third-order valence-corrected chi connectivity index (χ3v) is 2.25. The van der Waals surface area contributed by atoms with Crippen LogP contribution in [0, 0.1) is 5.92 Å². The molecule has 0 heterocycles. The first kappa shape index (κ1) is 15.3. The molecular weight excluding hydrogens is 204 g/mol. The van der Waals surface area contributed by atoms with Gasteiger partial charge >= 0.3 is 6.16 Å². The molecule has 16 heavy (non-hydrogen) atoms. The lowest BCUT2D eigenvalue weighted by Gasteiger charge is -2.07. The maximum atomic E-state index is 11.0. The molecule has 0 fully saturated rings. The van der Waals surface area contributed by atoms with Crippen molar-refractivity contribution in [2.45, 2.75) is 59.3 Å². The van der Waals surface area contributed by atoms with Gasteiger partial charge in [-0.25, -0.2) is 4.79 Å². The fraction of sp³-hybridized carbons (Fsp3) is 0.923. The lowest BCUT2D eigenvalue weighted by atomic mass is 10.1. The van der Waals surface area contributed by atoms with Crippen LogP contribution in [0.3, 0.4) is 0 Å². The van der Waals surface area contributed by atoms with Crippen LogP contribution in [-0.4, -0.2) is 19.4 Å². The van der Waals surface area contributed by atoms with Gasteiger partial charge < -0.3 is 9.47 Å². The first-order valence-electron chi connectivity index (χ1n) is 6.46. The maximum absolute atomic E-state index is 11.0. The first-order valence-corrected chi connectivity index (χ1v) is 6.46. The normalized spacial score (nSPS) is 10.5. The van der Waals surface area contributed by atoms with Crippen LogP contribution in [-0.2, 0) is 9.47 Å². The zero-order valence-electron chi connectivity index (χ0n) is 11.0. The summed E-state index contributed by atoms with van der Waals surface area (Å²) in [6.07, 6.45) is 6.64. The average Bonchev–Trinajstić information content (AvgIpc) is 2.25. The molecule has 3 heteroatoms. The van der Waals surface area contributed by atoms with Gasteiger partial charge in [-0.1, -0.05) is 52.9 Å². The van der Waals surface area contributed by atoms with Gasteiger partial charge in [-0.15, -0.1) is 0 Å². The Labute approximate surface area is 99.5 Å². The molecule has 0 aromatic carbocycles. The van der Waals surface area contributed by atoms with Gasteiger partial charge in [-0.2, -0.15) is 0 Å². The third kappa shape index (κ3) is 11.3. The standard InChI is InChI=1S/C13H26O3/c1-4-5-6-7-8-9-10-15-13(14)16-11-12(2)3/h12H,4-11H2,1-3H3. The molecule has 96 valence electrons. The predicted molar refractivity (Wildman–Crippen MR) is 65.5 cm³/mol. The zero-order chi connectivity index (χ0) is 12.2. The van der Waals surface area contributed by atoms with Crippen molar-refractivity contribution in [3.05, 3.63) is 0 Å². The largest absolute Gasteiger partial charge is 0.508 e. The number of hydrogen-bond acceptors (Lipinski definition) is 3. The van der Waals surface area contributed by atoms with Crippen LogP contribution in [0.1, 0.15) is 59.3 Å². The SMILES string of the molecule is CCCCCCCCOC(=O)OCC(C)C. The fourth-order valence-electron chi connectivity index (χ4n) is 1.31. The summed E-state index contributed by atoms with van der Waals surface area (Å²) in [7, 11) is 0. The van der Waals surface area contributed by atoms with Gasteiger partial charge in [-0.3, -0.25) is 0 Å². The highest BCUT2D eigenvalue weighted by Gasteiger charge is 2.04. The summed E-state index contributed by atoms with van der Waals surface area (Å²) in [5, 5.41) is 0. The molecule has 0 radical (unpaired) electrons. The molecule has 0 bridgehead atoms. The van der Waals surface area contributed by atoms with Crippen molar-refractivity contribution >= 4 is 6.16 Å². The second kappa shape index (κ2) is 10.8. The van der Waals surface area contributed by atoms with E-state index in [0.717, 1.165) is 12.8 Å². The molecule has 0 aliphatic carbocycles. The molecule has 0 N–H and O–H groups in total. The van der Waals surface area contributed by atoms with E-state index in [1.54, 1.807) is 0 Å². The molecule has 0 spiro atoms. The minimum Gasteiger partial charge on any atom is -0.434 e. The monoisotopic (exact) mass is 230 g/mol. The highest BCUT2D eigenvalue weighted by atomic mass is 16.7. The van der Waals surface area contributed by atoms with Gasteiger partial charge in [-0.05, 0) is 12.3 Å². The van der Waals surface area contributed by atoms with E-state index in [2.05, 4.69) is 6.92 Å². The molecule has 0 amide bonds. The predicted octanol–water partition coefficient (Wildman–Crippen LogP) is 4.16. The molecule has 0 atom stereocenters. The lowest BCUT2D eigenvalue weighted by Crippen LogP contribution is -2.12. The Hall–Kier alpha value is -0.730. The molecule has 0 aliphatic heterocycles. The quantitative estimate of drug-likeness (QED) is 0.441. The smallest absolute Gasteiger partial charge is 0.434 e. The number of carbonyl (C=O) groups is 1. The summed E-state index contributed by atoms with van der Waals surface area (Å²) >= 11 is 0. The van der Waals surface area contributed by atoms with Gasteiger partial charge in [0.05, 0.1) is 13.2 Å². The van der Waals surface area contributed by atoms with Gasteiger partial charge in [0.25, 0.3) is 0 Å². The highest BCUT2D eigenvalue weighted by Crippen LogP contribution is 2.05. The van der Waals surface area contributed by atoms with E-state index < -0.39 is 6.16 Å². The van der Waals surface area contributed by atoms with Crippen molar-refractivity contribution in [1.82, 2.24) is 0 Å². The average molecular weight is 230 g/mol. The van der Waals surface area contributed by atoms with Crippen molar-refractivity contribution in [3.63, 3.8) is 0 Å². The topological polar surface area (TPSA) is 35.5 Å². The van der Waals surface area contributed by atoms with Gasteiger partial charge in [0.1, 0.15) is 0 Å². The van der Waals surface area contributed by atoms with E-state index >= 15 is 0 Å². The van der Waals surface area contributed by atoms with Crippen LogP contribution in [0.15, 0.2) is 0 Å². The van der Waals surface area contributed by atoms with Crippen LogP contribution in [0.5, 0.6) is 0 Å². The van der Waals surface area contributed by atoms with E-state index in [4.69, 9.17) is 9.47 Å². The maximum Gasteiger partial charge on any atom is 0.508 e. The van der Waals surface area contributed by atoms with Gasteiger partial charge in [0, 0.05) is 0 Å². The number of carbonyl (C=O) groups excluding carboxylic acids is 1. The Morgan fingerprint density at radius 3 is 2.25 bits per heavy atom. The van der Waals surface area contributed by atoms with Gasteiger partial charge in [0.2, 0.25) is 0 Å². The van der Waals surface area contributed by atoms with E-state index in [-0.39, 0.29) is 0 Å². The van der Waals surface area contributed by atoms with Crippen LogP contribution < -0.4 is 0 Å². The van der Waals surface area contributed by atoms with Crippen molar-refractivity contribution < 1.29 is 14.3 Å². The highest BCUT2D eigenvalue weighted by molar-refractivity contribution is 5.59. The fourth-order valence-corrected chi connectivity index (χ4v) is 1.31. The second-order valence-corrected chi connectivity index (χ2v) is 4.57. The van der Waals surface area contributed by atoms with E-state index in [1.165, 1.54) is 25.7 Å². The zero-order valence-corrected chi connectivity index (χ0v) is 11.0. The number of ether oxygens (including phenoxy) is 2. The summed E-state index contributed by atoms with van der Waals surface area (Å²) in [6.45, 7) is 7.13. The van der Waals surface area contributed by atoms with E-state index in [0.29, 0.717) is 19.1 Å². The molecule has 0 rings (SSSR count). The Morgan fingerprint density at radius 1 is 1.00 bits per heavy atom. The van der Waals surface area contributed by atoms with E-state index in [1.807, 2.05) is 13.8 Å². The molecule has 0 unspecified atom stereocenters. The summed E-state index contributed by atoms with van der Waals surface area (Å²) in [4.78, 5) is 11.0. The first-order chi connectivity index (χ1) is 7.66. The molecule has 0 saturated carbocycles. The molecule has 0 aliphatic rings. The van der Waals surface area contributed by atoms with Gasteiger partial charge in [0.15, 0.2) is 0 Å². The summed E-state index contributed by atoms with van der Waals surface area (Å²) in [5.74, 6) is 0.363. The summed E-state index contributed by atoms with van der Waals surface area (Å²) in [5.41, 5.74) is 0. The van der Waals surface area contributed by atoms with Crippen LogP contribution in [0.2, 0.25) is 0 Å². The summed E-state index contributed by atoms with van der Waals surface area (Å²) in [6, 6.07) is 0. The Bertz CT molecular complexity index is 167. The Balaban J connectivity index is 3.15. The summed E-state index contributed by atoms with van der Waals surface area (Å²) < 4.78 is 9.83. The van der Waals surface area contributed by atoms with Crippen LogP contribution in [0.25, 0.3) is 0 Å². The van der Waals surface area contributed by atoms with Crippen molar-refractivity contribution in [2.75, 3.05) is 13.2 Å². The Kier molecular flexibility index (Phi) is 10.3. The minimum atomic E-state index is -0.526. The number of hydrogen-bond donors (Lipinski definition) is 0. The number of rotatable bonds is 9. The molecule has 3 nitrogen and oxygen atoms in total. The molecule has 0 aromatic heterocycles. The molecule has 0 saturated heterocycles. The second-order valence-electron chi connectivity index (χ2n) is 4.57. The minimum absolute atomic E-state index is 0.363. The lowest BCUT2D eigenvalue weighted by molar-refractivity contribution is 0.0465. The molecule has 0 aromatic rings. The number of unbranched alkanes of at least 4 members (excludes halogenated alkanes) is 5. The van der Waals surface area contributed by atoms with Crippen LogP contribution in [0.4, 0.5) is 4.79 Å². The third-order valence-electron chi connectivity index (χ3n) is 2.25. The van der Waals surface area contributed by atoms with Crippen molar-refractivity contribution in [1.29, 1.82) is 0 Å². The van der Waals surface area contributed by atoms with Crippen molar-refractivity contribution in [2.24, 2.45) is 5.92 Å². The Morgan fingerprint density at radius 2 is 1.62 bits per heavy atom. The van der Waals surface area contributed by atoms with Crippen molar-refractivity contribution in [3.8, 4) is 0 Å².